The molecule has 0 aromatic heterocycles. The zero-order valence-corrected chi connectivity index (χ0v) is 40.6. The molecule has 1 rings (SSSR count). The molecule has 0 aromatic rings. The molecule has 1 heterocycles. The molecular formula is C53H98O10. The van der Waals surface area contributed by atoms with Gasteiger partial charge in [0.1, 0.15) is 31.0 Å². The minimum Gasteiger partial charge on any atom is -0.462 e. The molecular weight excluding hydrogens is 797 g/mol. The van der Waals surface area contributed by atoms with Gasteiger partial charge >= 0.3 is 11.9 Å². The highest BCUT2D eigenvalue weighted by Crippen LogP contribution is 2.23. The van der Waals surface area contributed by atoms with Gasteiger partial charge in [-0.1, -0.05) is 218 Å². The number of carbonyl (C=O) groups is 2. The van der Waals surface area contributed by atoms with E-state index in [-0.39, 0.29) is 32.0 Å². The average Bonchev–Trinajstić information content (AvgIpc) is 3.28. The van der Waals surface area contributed by atoms with Crippen molar-refractivity contribution in [3.8, 4) is 0 Å². The van der Waals surface area contributed by atoms with E-state index in [0.29, 0.717) is 6.42 Å². The first kappa shape index (κ1) is 59.2. The van der Waals surface area contributed by atoms with E-state index < -0.39 is 49.4 Å². The number of hydrogen-bond donors (Lipinski definition) is 4. The third-order valence-corrected chi connectivity index (χ3v) is 12.3. The third kappa shape index (κ3) is 35.1. The van der Waals surface area contributed by atoms with Crippen LogP contribution in [0.15, 0.2) is 24.3 Å². The lowest BCUT2D eigenvalue weighted by Crippen LogP contribution is -2.59. The zero-order valence-electron chi connectivity index (χ0n) is 40.6. The number of aliphatic hydroxyl groups is 4. The summed E-state index contributed by atoms with van der Waals surface area (Å²) in [6.07, 6.45) is 43.4. The van der Waals surface area contributed by atoms with Crippen molar-refractivity contribution in [2.24, 2.45) is 0 Å². The van der Waals surface area contributed by atoms with Crippen LogP contribution in [0.1, 0.15) is 245 Å². The van der Waals surface area contributed by atoms with Gasteiger partial charge in [0.15, 0.2) is 12.4 Å². The summed E-state index contributed by atoms with van der Waals surface area (Å²) >= 11 is 0. The Balaban J connectivity index is 2.25. The average molecular weight is 895 g/mol. The summed E-state index contributed by atoms with van der Waals surface area (Å²) in [7, 11) is 0. The largest absolute Gasteiger partial charge is 0.462 e. The molecule has 0 aromatic carbocycles. The molecule has 63 heavy (non-hydrogen) atoms. The van der Waals surface area contributed by atoms with Gasteiger partial charge in [0.05, 0.1) is 13.2 Å². The Morgan fingerprint density at radius 3 is 1.37 bits per heavy atom. The van der Waals surface area contributed by atoms with E-state index in [4.69, 9.17) is 18.9 Å². The molecule has 1 fully saturated rings. The number of carbonyl (C=O) groups excluding carboxylic acids is 2. The van der Waals surface area contributed by atoms with Gasteiger partial charge in [0.25, 0.3) is 0 Å². The highest BCUT2D eigenvalue weighted by atomic mass is 16.7. The molecule has 370 valence electrons. The first-order valence-electron chi connectivity index (χ1n) is 26.4. The number of esters is 2. The molecule has 0 spiro atoms. The molecule has 0 amide bonds. The fourth-order valence-electron chi connectivity index (χ4n) is 8.17. The number of ether oxygens (including phenoxy) is 4. The molecule has 1 saturated heterocycles. The van der Waals surface area contributed by atoms with Crippen LogP contribution in [0.4, 0.5) is 0 Å². The van der Waals surface area contributed by atoms with E-state index in [2.05, 4.69) is 38.2 Å². The van der Waals surface area contributed by atoms with Crippen LogP contribution in [0.3, 0.4) is 0 Å². The van der Waals surface area contributed by atoms with E-state index in [1.807, 2.05) is 0 Å². The van der Waals surface area contributed by atoms with Crippen molar-refractivity contribution in [3.63, 3.8) is 0 Å². The Morgan fingerprint density at radius 1 is 0.492 bits per heavy atom. The number of rotatable bonds is 45. The summed E-state index contributed by atoms with van der Waals surface area (Å²) in [5.74, 6) is -0.846. The molecule has 0 saturated carbocycles. The van der Waals surface area contributed by atoms with Crippen molar-refractivity contribution in [2.45, 2.75) is 282 Å². The quantitative estimate of drug-likeness (QED) is 0.0264. The normalized spacial score (nSPS) is 19.6. The maximum absolute atomic E-state index is 12.8. The van der Waals surface area contributed by atoms with Gasteiger partial charge in [-0.05, 0) is 38.5 Å². The van der Waals surface area contributed by atoms with Crippen molar-refractivity contribution in [2.75, 3.05) is 19.8 Å². The summed E-state index contributed by atoms with van der Waals surface area (Å²) in [6.45, 7) is 3.43. The lowest BCUT2D eigenvalue weighted by molar-refractivity contribution is -0.305. The number of hydrogen-bond acceptors (Lipinski definition) is 10. The van der Waals surface area contributed by atoms with Gasteiger partial charge in [-0.25, -0.2) is 0 Å². The van der Waals surface area contributed by atoms with Crippen LogP contribution >= 0.6 is 0 Å². The molecule has 6 atom stereocenters. The van der Waals surface area contributed by atoms with Crippen LogP contribution in [0.5, 0.6) is 0 Å². The van der Waals surface area contributed by atoms with Gasteiger partial charge in [-0.2, -0.15) is 0 Å². The lowest BCUT2D eigenvalue weighted by Gasteiger charge is -2.39. The Hall–Kier alpha value is -1.82. The third-order valence-electron chi connectivity index (χ3n) is 12.3. The minimum absolute atomic E-state index is 0.169. The second-order valence-electron chi connectivity index (χ2n) is 18.3. The van der Waals surface area contributed by atoms with Crippen molar-refractivity contribution in [1.82, 2.24) is 0 Å². The first-order valence-corrected chi connectivity index (χ1v) is 26.4. The minimum atomic E-state index is -1.60. The molecule has 0 radical (unpaired) electrons. The predicted octanol–water partition coefficient (Wildman–Crippen LogP) is 12.5. The SMILES string of the molecule is CCCCCCCCCCC/C=C/C/C=C/CCCC(=O)O[C@@H](COC(=O)CCCCCCCCCCCCCCCCCCCCCCC)CO[C@H]1O[C@@H](CO)[C@@H](O)C(O)C1O. The molecule has 0 aliphatic carbocycles. The highest BCUT2D eigenvalue weighted by molar-refractivity contribution is 5.70. The highest BCUT2D eigenvalue weighted by Gasteiger charge is 2.44. The van der Waals surface area contributed by atoms with E-state index in [9.17, 15) is 30.0 Å². The van der Waals surface area contributed by atoms with Gasteiger partial charge < -0.3 is 39.4 Å². The molecule has 10 heteroatoms. The second kappa shape index (κ2) is 44.0. The lowest BCUT2D eigenvalue weighted by atomic mass is 9.99. The molecule has 10 nitrogen and oxygen atoms in total. The van der Waals surface area contributed by atoms with Crippen LogP contribution in [-0.2, 0) is 28.5 Å². The maximum atomic E-state index is 12.8. The van der Waals surface area contributed by atoms with Crippen LogP contribution < -0.4 is 0 Å². The fourth-order valence-corrected chi connectivity index (χ4v) is 8.17. The monoisotopic (exact) mass is 895 g/mol. The van der Waals surface area contributed by atoms with Crippen LogP contribution in [0.25, 0.3) is 0 Å². The fraction of sp³-hybridized carbons (Fsp3) is 0.887. The van der Waals surface area contributed by atoms with Gasteiger partial charge in [0, 0.05) is 12.8 Å². The molecule has 0 bridgehead atoms. The van der Waals surface area contributed by atoms with Crippen LogP contribution in [-0.4, -0.2) is 89.0 Å². The van der Waals surface area contributed by atoms with Crippen molar-refractivity contribution in [3.05, 3.63) is 24.3 Å². The summed E-state index contributed by atoms with van der Waals surface area (Å²) in [4.78, 5) is 25.4. The first-order chi connectivity index (χ1) is 30.8. The van der Waals surface area contributed by atoms with E-state index in [0.717, 1.165) is 38.5 Å². The Kier molecular flexibility index (Phi) is 41.4. The Morgan fingerprint density at radius 2 is 0.905 bits per heavy atom. The second-order valence-corrected chi connectivity index (χ2v) is 18.3. The molecule has 2 unspecified atom stereocenters. The smallest absolute Gasteiger partial charge is 0.306 e. The molecule has 1 aliphatic heterocycles. The summed E-state index contributed by atoms with van der Waals surface area (Å²) in [5.41, 5.74) is 0. The predicted molar refractivity (Wildman–Crippen MR) is 256 cm³/mol. The van der Waals surface area contributed by atoms with E-state index >= 15 is 0 Å². The molecule has 4 N–H and O–H groups in total. The van der Waals surface area contributed by atoms with Crippen molar-refractivity contribution in [1.29, 1.82) is 0 Å². The van der Waals surface area contributed by atoms with Crippen LogP contribution in [0.2, 0.25) is 0 Å². The summed E-state index contributed by atoms with van der Waals surface area (Å²) in [5, 5.41) is 40.2. The summed E-state index contributed by atoms with van der Waals surface area (Å²) < 4.78 is 22.2. The number of aliphatic hydroxyl groups excluding tert-OH is 4. The van der Waals surface area contributed by atoms with E-state index in [1.165, 1.54) is 173 Å². The topological polar surface area (TPSA) is 152 Å². The number of unbranched alkanes of at least 4 members (excludes halogenated alkanes) is 30. The van der Waals surface area contributed by atoms with Gasteiger partial charge in [-0.3, -0.25) is 9.59 Å². The standard InChI is InChI=1S/C53H98O10/c1-3-5-7-9-11-13-15-17-19-21-22-23-24-26-27-29-31-33-35-37-39-41-48(55)60-44-46(45-61-53-52(59)51(58)50(57)47(43-54)63-53)62-49(56)42-40-38-36-34-32-30-28-25-20-18-16-14-12-10-8-6-4-2/h28,30,34,36,46-47,50-54,57-59H,3-27,29,31-33,35,37-45H2,1-2H3/b30-28+,36-34+/t46-,47-,50+,51?,52?,53-/m0/s1. The Labute approximate surface area is 385 Å². The van der Waals surface area contributed by atoms with Gasteiger partial charge in [0.2, 0.25) is 0 Å². The van der Waals surface area contributed by atoms with Gasteiger partial charge in [-0.15, -0.1) is 0 Å². The molecule has 1 aliphatic rings. The Bertz CT molecular complexity index is 1080. The van der Waals surface area contributed by atoms with Crippen LogP contribution in [0, 0.1) is 0 Å². The number of allylic oxidation sites excluding steroid dienone is 4. The van der Waals surface area contributed by atoms with Crippen molar-refractivity contribution < 1.29 is 49.0 Å². The maximum Gasteiger partial charge on any atom is 0.306 e. The zero-order chi connectivity index (χ0) is 45.9. The van der Waals surface area contributed by atoms with Crippen molar-refractivity contribution >= 4 is 11.9 Å². The van der Waals surface area contributed by atoms with E-state index in [1.54, 1.807) is 0 Å². The summed E-state index contributed by atoms with van der Waals surface area (Å²) in [6, 6.07) is 0.